The van der Waals surface area contributed by atoms with E-state index in [9.17, 15) is 0 Å². The summed E-state index contributed by atoms with van der Waals surface area (Å²) in [5, 5.41) is 8.34. The third-order valence-electron chi connectivity index (χ3n) is 4.98. The first-order valence-corrected chi connectivity index (χ1v) is 8.88. The van der Waals surface area contributed by atoms with E-state index in [1.165, 1.54) is 22.3 Å². The van der Waals surface area contributed by atoms with Crippen LogP contribution in [0.3, 0.4) is 0 Å². The molecule has 1 aliphatic rings. The molecule has 1 atom stereocenters. The van der Waals surface area contributed by atoms with Crippen LogP contribution >= 0.6 is 0 Å². The highest BCUT2D eigenvalue weighted by molar-refractivity contribution is 5.38. The van der Waals surface area contributed by atoms with Gasteiger partial charge >= 0.3 is 0 Å². The highest BCUT2D eigenvalue weighted by Gasteiger charge is 2.31. The number of fused-ring (bicyclic) bond motifs is 1. The van der Waals surface area contributed by atoms with Gasteiger partial charge in [0.25, 0.3) is 0 Å². The number of hydrogen-bond donors (Lipinski definition) is 0. The summed E-state index contributed by atoms with van der Waals surface area (Å²) in [6.45, 7) is 5.55. The van der Waals surface area contributed by atoms with Crippen molar-refractivity contribution in [3.8, 4) is 5.75 Å². The zero-order valence-corrected chi connectivity index (χ0v) is 15.4. The van der Waals surface area contributed by atoms with E-state index in [2.05, 4.69) is 58.4 Å². The summed E-state index contributed by atoms with van der Waals surface area (Å²) < 4.78 is 11.4. The Morgan fingerprint density at radius 1 is 1.12 bits per heavy atom. The summed E-state index contributed by atoms with van der Waals surface area (Å²) in [5.74, 6) is 2.20. The number of hydrogen-bond acceptors (Lipinski definition) is 5. The van der Waals surface area contributed by atoms with E-state index in [4.69, 9.17) is 9.15 Å². The van der Waals surface area contributed by atoms with E-state index in [-0.39, 0.29) is 6.04 Å². The number of aryl methyl sites for hydroxylation is 2. The van der Waals surface area contributed by atoms with E-state index in [1.54, 1.807) is 7.11 Å². The number of benzene rings is 2. The van der Waals surface area contributed by atoms with Crippen molar-refractivity contribution in [1.29, 1.82) is 0 Å². The van der Waals surface area contributed by atoms with Gasteiger partial charge in [-0.25, -0.2) is 0 Å². The molecule has 5 nitrogen and oxygen atoms in total. The quantitative estimate of drug-likeness (QED) is 0.713. The maximum atomic E-state index is 5.79. The Bertz CT molecular complexity index is 919. The molecule has 2 heterocycles. The number of ether oxygens (including phenoxy) is 1. The number of aromatic nitrogens is 2. The Kier molecular flexibility index (Phi) is 4.47. The van der Waals surface area contributed by atoms with E-state index in [1.807, 2.05) is 13.0 Å². The second kappa shape index (κ2) is 6.92. The predicted molar refractivity (Wildman–Crippen MR) is 98.9 cm³/mol. The molecule has 0 saturated carbocycles. The van der Waals surface area contributed by atoms with Gasteiger partial charge in [0, 0.05) is 25.6 Å². The van der Waals surface area contributed by atoms with E-state index >= 15 is 0 Å². The van der Waals surface area contributed by atoms with Gasteiger partial charge in [0.05, 0.1) is 13.2 Å². The van der Waals surface area contributed by atoms with Crippen LogP contribution < -0.4 is 4.74 Å². The fourth-order valence-electron chi connectivity index (χ4n) is 3.68. The third kappa shape index (κ3) is 3.22. The van der Waals surface area contributed by atoms with Crippen molar-refractivity contribution in [2.45, 2.75) is 39.4 Å². The molecule has 0 spiro atoms. The fraction of sp³-hybridized carbons (Fsp3) is 0.333. The summed E-state index contributed by atoms with van der Waals surface area (Å²) in [7, 11) is 1.72. The predicted octanol–water partition coefficient (Wildman–Crippen LogP) is 3.99. The molecule has 0 N–H and O–H groups in total. The molecule has 134 valence electrons. The van der Waals surface area contributed by atoms with Gasteiger partial charge in [-0.3, -0.25) is 4.90 Å². The van der Waals surface area contributed by atoms with Gasteiger partial charge in [-0.15, -0.1) is 10.2 Å². The lowest BCUT2D eigenvalue weighted by molar-refractivity contribution is 0.136. The van der Waals surface area contributed by atoms with Crippen molar-refractivity contribution in [1.82, 2.24) is 15.1 Å². The van der Waals surface area contributed by atoms with E-state index < -0.39 is 0 Å². The molecule has 0 saturated heterocycles. The van der Waals surface area contributed by atoms with Gasteiger partial charge in [-0.05, 0) is 30.5 Å². The average molecular weight is 349 g/mol. The highest BCUT2D eigenvalue weighted by Crippen LogP contribution is 2.35. The van der Waals surface area contributed by atoms with Gasteiger partial charge in [0.15, 0.2) is 0 Å². The first kappa shape index (κ1) is 16.8. The molecule has 1 aliphatic heterocycles. The Morgan fingerprint density at radius 2 is 1.92 bits per heavy atom. The van der Waals surface area contributed by atoms with Crippen LogP contribution in [0.5, 0.6) is 5.75 Å². The molecule has 0 fully saturated rings. The average Bonchev–Trinajstić information content (AvgIpc) is 3.07. The van der Waals surface area contributed by atoms with E-state index in [0.717, 1.165) is 25.3 Å². The molecule has 1 aromatic heterocycles. The van der Waals surface area contributed by atoms with Crippen LogP contribution in [0.25, 0.3) is 0 Å². The standard InChI is InChI=1S/C21H23N3O2/c1-14-8-9-20(25-3)18(10-14)13-24-12-17-7-5-4-6-16(17)11-19(24)21-23-22-15(2)26-21/h4-10,19H,11-13H2,1-3H3. The monoisotopic (exact) mass is 349 g/mol. The van der Waals surface area contributed by atoms with Crippen molar-refractivity contribution < 1.29 is 9.15 Å². The van der Waals surface area contributed by atoms with Gasteiger partial charge in [0.2, 0.25) is 11.8 Å². The number of nitrogens with zero attached hydrogens (tertiary/aromatic N) is 3. The minimum atomic E-state index is 0.0660. The molecule has 1 unspecified atom stereocenters. The van der Waals surface area contributed by atoms with Crippen LogP contribution in [-0.2, 0) is 19.5 Å². The molecule has 0 bridgehead atoms. The van der Waals surface area contributed by atoms with Gasteiger partial charge in [-0.2, -0.15) is 0 Å². The third-order valence-corrected chi connectivity index (χ3v) is 4.98. The molecule has 0 amide bonds. The molecule has 2 aromatic carbocycles. The minimum absolute atomic E-state index is 0.0660. The largest absolute Gasteiger partial charge is 0.496 e. The molecule has 0 aliphatic carbocycles. The lowest BCUT2D eigenvalue weighted by Crippen LogP contribution is -2.34. The lowest BCUT2D eigenvalue weighted by atomic mass is 9.93. The zero-order chi connectivity index (χ0) is 18.1. The SMILES string of the molecule is COc1ccc(C)cc1CN1Cc2ccccc2CC1c1nnc(C)o1. The molecule has 5 heteroatoms. The molecular weight excluding hydrogens is 326 g/mol. The molecule has 0 radical (unpaired) electrons. The van der Waals surface area contributed by atoms with Crippen LogP contribution in [-0.4, -0.2) is 22.2 Å². The first-order chi connectivity index (χ1) is 12.6. The van der Waals surface area contributed by atoms with Crippen LogP contribution in [0, 0.1) is 13.8 Å². The first-order valence-electron chi connectivity index (χ1n) is 8.88. The smallest absolute Gasteiger partial charge is 0.233 e. The summed E-state index contributed by atoms with van der Waals surface area (Å²) in [6, 6.07) is 14.9. The maximum absolute atomic E-state index is 5.79. The summed E-state index contributed by atoms with van der Waals surface area (Å²) in [5.41, 5.74) is 5.10. The number of methoxy groups -OCH3 is 1. The summed E-state index contributed by atoms with van der Waals surface area (Å²) in [6.07, 6.45) is 0.867. The topological polar surface area (TPSA) is 51.4 Å². The van der Waals surface area contributed by atoms with Crippen molar-refractivity contribution in [3.63, 3.8) is 0 Å². The molecule has 3 aromatic rings. The van der Waals surface area contributed by atoms with Crippen molar-refractivity contribution in [2.75, 3.05) is 7.11 Å². The van der Waals surface area contributed by atoms with E-state index in [0.29, 0.717) is 11.8 Å². The van der Waals surface area contributed by atoms with Crippen molar-refractivity contribution >= 4 is 0 Å². The normalized spacial score (nSPS) is 17.1. The summed E-state index contributed by atoms with van der Waals surface area (Å²) in [4.78, 5) is 2.40. The van der Waals surface area contributed by atoms with Crippen LogP contribution in [0.15, 0.2) is 46.9 Å². The second-order valence-corrected chi connectivity index (χ2v) is 6.87. The second-order valence-electron chi connectivity index (χ2n) is 6.87. The van der Waals surface area contributed by atoms with Crippen LogP contribution in [0.4, 0.5) is 0 Å². The molecule has 26 heavy (non-hydrogen) atoms. The Hall–Kier alpha value is -2.66. The zero-order valence-electron chi connectivity index (χ0n) is 15.4. The molecular formula is C21H23N3O2. The maximum Gasteiger partial charge on any atom is 0.233 e. The van der Waals surface area contributed by atoms with Crippen LogP contribution in [0.1, 0.15) is 40.1 Å². The number of rotatable bonds is 4. The fourth-order valence-corrected chi connectivity index (χ4v) is 3.68. The Balaban J connectivity index is 1.71. The molecule has 4 rings (SSSR count). The van der Waals surface area contributed by atoms with Crippen molar-refractivity contribution in [2.24, 2.45) is 0 Å². The van der Waals surface area contributed by atoms with Crippen LogP contribution in [0.2, 0.25) is 0 Å². The minimum Gasteiger partial charge on any atom is -0.496 e. The van der Waals surface area contributed by atoms with Gasteiger partial charge < -0.3 is 9.15 Å². The van der Waals surface area contributed by atoms with Crippen molar-refractivity contribution in [3.05, 3.63) is 76.5 Å². The Labute approximate surface area is 153 Å². The Morgan fingerprint density at radius 3 is 2.65 bits per heavy atom. The highest BCUT2D eigenvalue weighted by atomic mass is 16.5. The van der Waals surface area contributed by atoms with Gasteiger partial charge in [0.1, 0.15) is 5.75 Å². The summed E-state index contributed by atoms with van der Waals surface area (Å²) >= 11 is 0. The van der Waals surface area contributed by atoms with Gasteiger partial charge in [-0.1, -0.05) is 42.0 Å². The lowest BCUT2D eigenvalue weighted by Gasteiger charge is -2.35.